The van der Waals surface area contributed by atoms with E-state index in [2.05, 4.69) is 5.32 Å². The van der Waals surface area contributed by atoms with E-state index in [0.29, 0.717) is 12.3 Å². The van der Waals surface area contributed by atoms with Gasteiger partial charge in [0.05, 0.1) is 6.10 Å². The lowest BCUT2D eigenvalue weighted by molar-refractivity contribution is -0.139. The van der Waals surface area contributed by atoms with Gasteiger partial charge in [-0.15, -0.1) is 0 Å². The highest BCUT2D eigenvalue weighted by Crippen LogP contribution is 2.22. The summed E-state index contributed by atoms with van der Waals surface area (Å²) in [4.78, 5) is 10.7. The molecule has 0 bridgehead atoms. The van der Waals surface area contributed by atoms with E-state index in [-0.39, 0.29) is 18.4 Å². The van der Waals surface area contributed by atoms with Crippen LogP contribution in [0.25, 0.3) is 0 Å². The van der Waals surface area contributed by atoms with E-state index in [1.165, 1.54) is 0 Å². The minimum Gasteiger partial charge on any atom is -0.508 e. The number of aryl methyl sites for hydroxylation is 1. The predicted molar refractivity (Wildman–Crippen MR) is 103 cm³/mol. The summed E-state index contributed by atoms with van der Waals surface area (Å²) in [6.45, 7) is 4.26. The van der Waals surface area contributed by atoms with E-state index in [1.54, 1.807) is 24.3 Å². The Balaban J connectivity index is 1.88. The fourth-order valence-electron chi connectivity index (χ4n) is 2.86. The standard InChI is InChI=1S/C21H27NO5/c1-3-16-12-15(4-9-19(16)27-13-20(24)25)10-11-22-14(2)21(26)17-5-7-18(23)8-6-17/h4-9,12,14,21-23,26H,3,10-11,13H2,1-2H3,(H,24,25)/t14-,21+/m0/s1. The van der Waals surface area contributed by atoms with Crippen LogP contribution in [0.4, 0.5) is 0 Å². The van der Waals surface area contributed by atoms with E-state index in [9.17, 15) is 15.0 Å². The van der Waals surface area contributed by atoms with E-state index in [4.69, 9.17) is 9.84 Å². The molecule has 27 heavy (non-hydrogen) atoms. The summed E-state index contributed by atoms with van der Waals surface area (Å²) in [7, 11) is 0. The largest absolute Gasteiger partial charge is 0.508 e. The molecule has 0 aliphatic carbocycles. The maximum Gasteiger partial charge on any atom is 0.341 e. The van der Waals surface area contributed by atoms with Gasteiger partial charge in [0.1, 0.15) is 11.5 Å². The number of aromatic hydroxyl groups is 1. The quantitative estimate of drug-likeness (QED) is 0.511. The number of carbonyl (C=O) groups is 1. The molecule has 0 radical (unpaired) electrons. The Hall–Kier alpha value is -2.57. The number of aliphatic hydroxyl groups excluding tert-OH is 1. The highest BCUT2D eigenvalue weighted by Gasteiger charge is 2.15. The molecule has 0 amide bonds. The second kappa shape index (κ2) is 9.94. The van der Waals surface area contributed by atoms with Crippen LogP contribution in [0.1, 0.15) is 36.6 Å². The molecule has 0 heterocycles. The summed E-state index contributed by atoms with van der Waals surface area (Å²) in [5.41, 5.74) is 2.85. The number of ether oxygens (including phenoxy) is 1. The number of hydrogen-bond donors (Lipinski definition) is 4. The lowest BCUT2D eigenvalue weighted by Crippen LogP contribution is -2.33. The highest BCUT2D eigenvalue weighted by molar-refractivity contribution is 5.68. The second-order valence-electron chi connectivity index (χ2n) is 6.51. The van der Waals surface area contributed by atoms with Crippen molar-refractivity contribution in [3.8, 4) is 11.5 Å². The van der Waals surface area contributed by atoms with Crippen LogP contribution in [0.2, 0.25) is 0 Å². The SMILES string of the molecule is CCc1cc(CCN[C@@H](C)[C@@H](O)c2ccc(O)cc2)ccc1OCC(=O)O. The van der Waals surface area contributed by atoms with Gasteiger partial charge in [-0.1, -0.05) is 31.2 Å². The fraction of sp³-hybridized carbons (Fsp3) is 0.381. The van der Waals surface area contributed by atoms with Gasteiger partial charge in [0, 0.05) is 6.04 Å². The summed E-state index contributed by atoms with van der Waals surface area (Å²) in [5.74, 6) is -0.215. The normalized spacial score (nSPS) is 13.1. The topological polar surface area (TPSA) is 99.0 Å². The number of phenolic OH excluding ortho intramolecular Hbond substituents is 1. The number of aliphatic carboxylic acids is 1. The zero-order valence-electron chi connectivity index (χ0n) is 15.7. The average Bonchev–Trinajstić information content (AvgIpc) is 2.66. The summed E-state index contributed by atoms with van der Waals surface area (Å²) in [6, 6.07) is 12.2. The molecule has 0 fully saturated rings. The van der Waals surface area contributed by atoms with E-state index in [0.717, 1.165) is 29.5 Å². The molecule has 6 heteroatoms. The smallest absolute Gasteiger partial charge is 0.341 e. The van der Waals surface area contributed by atoms with Crippen molar-refractivity contribution in [1.29, 1.82) is 0 Å². The number of carboxylic acids is 1. The third-order valence-corrected chi connectivity index (χ3v) is 4.45. The van der Waals surface area contributed by atoms with Gasteiger partial charge < -0.3 is 25.4 Å². The third-order valence-electron chi connectivity index (χ3n) is 4.45. The van der Waals surface area contributed by atoms with Crippen molar-refractivity contribution in [2.45, 2.75) is 38.8 Å². The average molecular weight is 373 g/mol. The van der Waals surface area contributed by atoms with Crippen LogP contribution < -0.4 is 10.1 Å². The van der Waals surface area contributed by atoms with Crippen molar-refractivity contribution in [2.75, 3.05) is 13.2 Å². The molecular weight excluding hydrogens is 346 g/mol. The van der Waals surface area contributed by atoms with Gasteiger partial charge in [-0.3, -0.25) is 0 Å². The Bertz CT molecular complexity index is 745. The van der Waals surface area contributed by atoms with Gasteiger partial charge in [-0.2, -0.15) is 0 Å². The van der Waals surface area contributed by atoms with Crippen LogP contribution >= 0.6 is 0 Å². The first-order chi connectivity index (χ1) is 12.9. The molecule has 4 N–H and O–H groups in total. The van der Waals surface area contributed by atoms with Crippen molar-refractivity contribution in [1.82, 2.24) is 5.32 Å². The predicted octanol–water partition coefficient (Wildman–Crippen LogP) is 2.67. The van der Waals surface area contributed by atoms with Gasteiger partial charge in [-0.25, -0.2) is 4.79 Å². The number of carboxylic acid groups (broad SMARTS) is 1. The minimum absolute atomic E-state index is 0.140. The van der Waals surface area contributed by atoms with Crippen molar-refractivity contribution >= 4 is 5.97 Å². The zero-order valence-corrected chi connectivity index (χ0v) is 15.7. The summed E-state index contributed by atoms with van der Waals surface area (Å²) < 4.78 is 5.31. The first kappa shape index (κ1) is 20.7. The number of phenols is 1. The number of rotatable bonds is 10. The molecule has 0 spiro atoms. The number of benzene rings is 2. The Morgan fingerprint density at radius 2 is 1.89 bits per heavy atom. The molecule has 2 atom stereocenters. The summed E-state index contributed by atoms with van der Waals surface area (Å²) in [5, 5.41) is 31.8. The van der Waals surface area contributed by atoms with Crippen LogP contribution in [0.5, 0.6) is 11.5 Å². The number of hydrogen-bond acceptors (Lipinski definition) is 5. The van der Waals surface area contributed by atoms with Gasteiger partial charge in [-0.05, 0) is 61.2 Å². The van der Waals surface area contributed by atoms with Crippen LogP contribution in [0.15, 0.2) is 42.5 Å². The second-order valence-corrected chi connectivity index (χ2v) is 6.51. The third kappa shape index (κ3) is 6.27. The first-order valence-electron chi connectivity index (χ1n) is 9.07. The molecule has 0 saturated heterocycles. The van der Waals surface area contributed by atoms with E-state index >= 15 is 0 Å². The van der Waals surface area contributed by atoms with Crippen LogP contribution in [-0.2, 0) is 17.6 Å². The van der Waals surface area contributed by atoms with Gasteiger partial charge in [0.25, 0.3) is 0 Å². The zero-order chi connectivity index (χ0) is 19.8. The molecule has 0 aliphatic rings. The van der Waals surface area contributed by atoms with Crippen molar-refractivity contribution < 1.29 is 24.9 Å². The van der Waals surface area contributed by atoms with Crippen LogP contribution in [0, 0.1) is 0 Å². The summed E-state index contributed by atoms with van der Waals surface area (Å²) in [6.07, 6.45) is 0.869. The van der Waals surface area contributed by atoms with E-state index < -0.39 is 12.1 Å². The highest BCUT2D eigenvalue weighted by atomic mass is 16.5. The lowest BCUT2D eigenvalue weighted by atomic mass is 10.0. The molecule has 0 aliphatic heterocycles. The van der Waals surface area contributed by atoms with Crippen molar-refractivity contribution in [3.63, 3.8) is 0 Å². The Labute approximate surface area is 159 Å². The molecule has 0 aromatic heterocycles. The monoisotopic (exact) mass is 373 g/mol. The molecule has 146 valence electrons. The maximum atomic E-state index is 10.7. The lowest BCUT2D eigenvalue weighted by Gasteiger charge is -2.21. The van der Waals surface area contributed by atoms with Crippen LogP contribution in [0.3, 0.4) is 0 Å². The molecule has 2 aromatic carbocycles. The molecule has 2 rings (SSSR count). The summed E-state index contributed by atoms with van der Waals surface area (Å²) >= 11 is 0. The Morgan fingerprint density at radius 1 is 1.19 bits per heavy atom. The molecule has 0 saturated carbocycles. The molecule has 0 unspecified atom stereocenters. The number of aliphatic hydroxyl groups is 1. The number of nitrogens with one attached hydrogen (secondary N) is 1. The molecular formula is C21H27NO5. The maximum absolute atomic E-state index is 10.7. The van der Waals surface area contributed by atoms with Gasteiger partial charge in [0.15, 0.2) is 6.61 Å². The van der Waals surface area contributed by atoms with E-state index in [1.807, 2.05) is 32.0 Å². The van der Waals surface area contributed by atoms with Crippen molar-refractivity contribution in [2.24, 2.45) is 0 Å². The Morgan fingerprint density at radius 3 is 2.52 bits per heavy atom. The minimum atomic E-state index is -0.994. The van der Waals surface area contributed by atoms with Crippen LogP contribution in [-0.4, -0.2) is 40.5 Å². The molecule has 6 nitrogen and oxygen atoms in total. The van der Waals surface area contributed by atoms with Gasteiger partial charge in [0.2, 0.25) is 0 Å². The first-order valence-corrected chi connectivity index (χ1v) is 9.07. The molecule has 2 aromatic rings. The van der Waals surface area contributed by atoms with Gasteiger partial charge >= 0.3 is 5.97 Å². The fourth-order valence-corrected chi connectivity index (χ4v) is 2.86. The Kier molecular flexibility index (Phi) is 7.64. The van der Waals surface area contributed by atoms with Crippen molar-refractivity contribution in [3.05, 3.63) is 59.2 Å².